The van der Waals surface area contributed by atoms with E-state index >= 15 is 0 Å². The number of ether oxygens (including phenoxy) is 3. The van der Waals surface area contributed by atoms with Crippen molar-refractivity contribution in [2.75, 3.05) is 34.9 Å². The lowest BCUT2D eigenvalue weighted by atomic mass is 9.94. The normalized spacial score (nSPS) is 13.7. The minimum atomic E-state index is -0.903. The minimum absolute atomic E-state index is 0.251. The zero-order valence-electron chi connectivity index (χ0n) is 14.2. The Kier molecular flexibility index (Phi) is 12.5. The summed E-state index contributed by atoms with van der Waals surface area (Å²) in [6.07, 6.45) is 9.87. The predicted octanol–water partition coefficient (Wildman–Crippen LogP) is 3.56. The molecule has 1 N–H and O–H groups in total. The summed E-state index contributed by atoms with van der Waals surface area (Å²) in [4.78, 5) is 0. The van der Waals surface area contributed by atoms with Crippen LogP contribution in [0.15, 0.2) is 0 Å². The van der Waals surface area contributed by atoms with E-state index in [1.165, 1.54) is 38.5 Å². The molecule has 0 aromatic rings. The summed E-state index contributed by atoms with van der Waals surface area (Å²) < 4.78 is 16.6. The molecule has 0 saturated carbocycles. The predicted molar refractivity (Wildman–Crippen MR) is 83.8 cm³/mol. The molecule has 1 atom stereocenters. The highest BCUT2D eigenvalue weighted by Crippen LogP contribution is 2.31. The van der Waals surface area contributed by atoms with E-state index in [0.29, 0.717) is 0 Å². The third-order valence-corrected chi connectivity index (χ3v) is 4.00. The topological polar surface area (TPSA) is 39.7 Å². The zero-order chi connectivity index (χ0) is 15.3. The molecule has 0 fully saturated rings. The van der Waals surface area contributed by atoms with Gasteiger partial charge in [-0.15, -0.1) is 0 Å². The highest BCUT2D eigenvalue weighted by Gasteiger charge is 2.39. The third-order valence-electron chi connectivity index (χ3n) is 4.00. The van der Waals surface area contributed by atoms with Gasteiger partial charge in [0.25, 0.3) is 5.97 Å². The molecule has 0 aromatic carbocycles. The molecule has 0 amide bonds. The quantitative estimate of drug-likeness (QED) is 0.392. The second-order valence-corrected chi connectivity index (χ2v) is 5.36. The largest absolute Gasteiger partial charge is 0.331 e. The van der Waals surface area contributed by atoms with Gasteiger partial charge in [0.05, 0.1) is 0 Å². The standard InChI is InChI=1S/C16H35NO3/c1-6-7-8-9-10-11-12-15(13-14-17-2)16(18-3,19-4)20-5/h15,17H,6-14H2,1-5H3. The van der Waals surface area contributed by atoms with Crippen LogP contribution in [-0.4, -0.2) is 40.9 Å². The van der Waals surface area contributed by atoms with Crippen molar-refractivity contribution in [1.29, 1.82) is 0 Å². The van der Waals surface area contributed by atoms with Crippen molar-refractivity contribution in [2.45, 2.75) is 64.3 Å². The van der Waals surface area contributed by atoms with Gasteiger partial charge >= 0.3 is 0 Å². The van der Waals surface area contributed by atoms with Crippen LogP contribution in [0.25, 0.3) is 0 Å². The number of methoxy groups -OCH3 is 3. The molecule has 0 spiro atoms. The fourth-order valence-corrected chi connectivity index (χ4v) is 2.74. The molecule has 4 heteroatoms. The van der Waals surface area contributed by atoms with Gasteiger partial charge in [0.15, 0.2) is 0 Å². The van der Waals surface area contributed by atoms with Crippen LogP contribution in [0.1, 0.15) is 58.3 Å². The Labute approximate surface area is 125 Å². The van der Waals surface area contributed by atoms with Gasteiger partial charge in [-0.2, -0.15) is 0 Å². The summed E-state index contributed by atoms with van der Waals surface area (Å²) in [5.41, 5.74) is 0. The maximum Gasteiger partial charge on any atom is 0.285 e. The lowest BCUT2D eigenvalue weighted by Gasteiger charge is -2.36. The van der Waals surface area contributed by atoms with E-state index in [-0.39, 0.29) is 5.92 Å². The minimum Gasteiger partial charge on any atom is -0.331 e. The van der Waals surface area contributed by atoms with Gasteiger partial charge < -0.3 is 19.5 Å². The molecule has 1 unspecified atom stereocenters. The number of hydrogen-bond acceptors (Lipinski definition) is 4. The molecular formula is C16H35NO3. The number of nitrogens with one attached hydrogen (secondary N) is 1. The van der Waals surface area contributed by atoms with E-state index < -0.39 is 5.97 Å². The van der Waals surface area contributed by atoms with Crippen LogP contribution in [0.3, 0.4) is 0 Å². The van der Waals surface area contributed by atoms with Gasteiger partial charge in [-0.3, -0.25) is 0 Å². The van der Waals surface area contributed by atoms with E-state index in [4.69, 9.17) is 14.2 Å². The fraction of sp³-hybridized carbons (Fsp3) is 1.00. The molecule has 0 bridgehead atoms. The van der Waals surface area contributed by atoms with E-state index in [1.54, 1.807) is 21.3 Å². The Hall–Kier alpha value is -0.160. The first-order valence-corrected chi connectivity index (χ1v) is 8.00. The van der Waals surface area contributed by atoms with Crippen LogP contribution < -0.4 is 5.32 Å². The number of hydrogen-bond donors (Lipinski definition) is 1. The van der Waals surface area contributed by atoms with Gasteiger partial charge in [0.2, 0.25) is 0 Å². The third kappa shape index (κ3) is 7.02. The first kappa shape index (κ1) is 19.8. The smallest absolute Gasteiger partial charge is 0.285 e. The highest BCUT2D eigenvalue weighted by atomic mass is 16.9. The van der Waals surface area contributed by atoms with Crippen molar-refractivity contribution in [2.24, 2.45) is 5.92 Å². The molecule has 122 valence electrons. The summed E-state index contributed by atoms with van der Waals surface area (Å²) in [5.74, 6) is -0.651. The molecule has 4 nitrogen and oxygen atoms in total. The molecule has 0 aromatic heterocycles. The summed E-state index contributed by atoms with van der Waals surface area (Å²) in [7, 11) is 6.93. The summed E-state index contributed by atoms with van der Waals surface area (Å²) in [5, 5.41) is 3.19. The second kappa shape index (κ2) is 12.6. The Morgan fingerprint density at radius 2 is 1.40 bits per heavy atom. The van der Waals surface area contributed by atoms with Crippen LogP contribution in [0.4, 0.5) is 0 Å². The lowest BCUT2D eigenvalue weighted by molar-refractivity contribution is -0.380. The van der Waals surface area contributed by atoms with E-state index in [1.807, 2.05) is 7.05 Å². The van der Waals surface area contributed by atoms with Crippen molar-refractivity contribution in [3.63, 3.8) is 0 Å². The molecule has 0 heterocycles. The Morgan fingerprint density at radius 1 is 0.850 bits per heavy atom. The molecular weight excluding hydrogens is 254 g/mol. The van der Waals surface area contributed by atoms with Gasteiger partial charge in [-0.25, -0.2) is 0 Å². The Morgan fingerprint density at radius 3 is 1.90 bits per heavy atom. The van der Waals surface area contributed by atoms with Gasteiger partial charge in [-0.1, -0.05) is 45.4 Å². The molecule has 0 aliphatic carbocycles. The van der Waals surface area contributed by atoms with Crippen molar-refractivity contribution in [1.82, 2.24) is 5.32 Å². The van der Waals surface area contributed by atoms with Gasteiger partial charge in [-0.05, 0) is 26.4 Å². The average molecular weight is 289 g/mol. The van der Waals surface area contributed by atoms with Crippen molar-refractivity contribution in [3.8, 4) is 0 Å². The van der Waals surface area contributed by atoms with Gasteiger partial charge in [0.1, 0.15) is 0 Å². The second-order valence-electron chi connectivity index (χ2n) is 5.36. The first-order valence-electron chi connectivity index (χ1n) is 8.00. The van der Waals surface area contributed by atoms with Crippen molar-refractivity contribution >= 4 is 0 Å². The number of unbranched alkanes of at least 4 members (excludes halogenated alkanes) is 5. The van der Waals surface area contributed by atoms with Crippen LogP contribution in [0.2, 0.25) is 0 Å². The van der Waals surface area contributed by atoms with Crippen molar-refractivity contribution in [3.05, 3.63) is 0 Å². The molecule has 0 radical (unpaired) electrons. The van der Waals surface area contributed by atoms with E-state index in [2.05, 4.69) is 12.2 Å². The lowest BCUT2D eigenvalue weighted by Crippen LogP contribution is -2.45. The molecule has 0 saturated heterocycles. The maximum atomic E-state index is 5.52. The monoisotopic (exact) mass is 289 g/mol. The highest BCUT2D eigenvalue weighted by molar-refractivity contribution is 4.72. The summed E-state index contributed by atoms with van der Waals surface area (Å²) >= 11 is 0. The van der Waals surface area contributed by atoms with Crippen LogP contribution in [0, 0.1) is 5.92 Å². The summed E-state index contributed by atoms with van der Waals surface area (Å²) in [6.45, 7) is 3.19. The number of rotatable bonds is 14. The first-order chi connectivity index (χ1) is 9.70. The molecule has 20 heavy (non-hydrogen) atoms. The molecule has 0 aliphatic rings. The summed E-state index contributed by atoms with van der Waals surface area (Å²) in [6, 6.07) is 0. The van der Waals surface area contributed by atoms with Crippen LogP contribution in [0.5, 0.6) is 0 Å². The average Bonchev–Trinajstić information content (AvgIpc) is 2.49. The van der Waals surface area contributed by atoms with Crippen LogP contribution in [-0.2, 0) is 14.2 Å². The SMILES string of the molecule is CCCCCCCCC(CCNC)C(OC)(OC)OC. The zero-order valence-corrected chi connectivity index (χ0v) is 14.2. The van der Waals surface area contributed by atoms with E-state index in [0.717, 1.165) is 19.4 Å². The Bertz CT molecular complexity index is 200. The van der Waals surface area contributed by atoms with Crippen LogP contribution >= 0.6 is 0 Å². The Balaban J connectivity index is 4.25. The van der Waals surface area contributed by atoms with E-state index in [9.17, 15) is 0 Å². The molecule has 0 aliphatic heterocycles. The maximum absolute atomic E-state index is 5.52. The van der Waals surface area contributed by atoms with Gasteiger partial charge in [0, 0.05) is 27.2 Å². The van der Waals surface area contributed by atoms with Crippen molar-refractivity contribution < 1.29 is 14.2 Å². The fourth-order valence-electron chi connectivity index (χ4n) is 2.74. The molecule has 0 rings (SSSR count).